The zero-order valence-corrected chi connectivity index (χ0v) is 11.0. The first-order valence-electron chi connectivity index (χ1n) is 6.53. The highest BCUT2D eigenvalue weighted by atomic mass is 16.4. The number of nitriles is 1. The van der Waals surface area contributed by atoms with Crippen molar-refractivity contribution in [2.45, 2.75) is 31.2 Å². The number of aliphatic carboxylic acids is 1. The van der Waals surface area contributed by atoms with Crippen molar-refractivity contribution in [3.63, 3.8) is 0 Å². The van der Waals surface area contributed by atoms with Gasteiger partial charge in [-0.25, -0.2) is 0 Å². The summed E-state index contributed by atoms with van der Waals surface area (Å²) in [5.74, 6) is -0.761. The van der Waals surface area contributed by atoms with Gasteiger partial charge in [-0.1, -0.05) is 30.3 Å². The van der Waals surface area contributed by atoms with Gasteiger partial charge in [0, 0.05) is 13.1 Å². The molecule has 1 aliphatic rings. The van der Waals surface area contributed by atoms with E-state index in [1.165, 1.54) is 0 Å². The van der Waals surface area contributed by atoms with Gasteiger partial charge in [0.1, 0.15) is 0 Å². The summed E-state index contributed by atoms with van der Waals surface area (Å²) in [6.07, 6.45) is 1.11. The summed E-state index contributed by atoms with van der Waals surface area (Å²) in [5, 5.41) is 18.6. The molecule has 1 aromatic carbocycles. The maximum atomic E-state index is 11.7. The predicted octanol–water partition coefficient (Wildman–Crippen LogP) is 2.02. The first kappa shape index (κ1) is 13.6. The van der Waals surface area contributed by atoms with Gasteiger partial charge in [0.15, 0.2) is 0 Å². The molecular weight excluding hydrogens is 240 g/mol. The maximum Gasteiger partial charge on any atom is 0.314 e. The van der Waals surface area contributed by atoms with Crippen LogP contribution in [-0.2, 0) is 10.2 Å². The Hall–Kier alpha value is -1.86. The summed E-state index contributed by atoms with van der Waals surface area (Å²) in [4.78, 5) is 13.8. The molecular formula is C15H18N2O2. The summed E-state index contributed by atoms with van der Waals surface area (Å²) in [7, 11) is 0. The van der Waals surface area contributed by atoms with Crippen molar-refractivity contribution in [3.05, 3.63) is 35.9 Å². The quantitative estimate of drug-likeness (QED) is 0.900. The number of carbonyl (C=O) groups is 1. The molecule has 19 heavy (non-hydrogen) atoms. The Labute approximate surface area is 113 Å². The molecule has 1 unspecified atom stereocenters. The second kappa shape index (κ2) is 5.41. The number of likely N-dealkylation sites (tertiary alicyclic amines) is 1. The number of hydrogen-bond acceptors (Lipinski definition) is 3. The minimum Gasteiger partial charge on any atom is -0.481 e. The number of piperidine rings is 1. The van der Waals surface area contributed by atoms with Gasteiger partial charge >= 0.3 is 5.97 Å². The van der Waals surface area contributed by atoms with Crippen LogP contribution in [0.1, 0.15) is 25.3 Å². The summed E-state index contributed by atoms with van der Waals surface area (Å²) < 4.78 is 0. The van der Waals surface area contributed by atoms with E-state index in [0.29, 0.717) is 25.9 Å². The summed E-state index contributed by atoms with van der Waals surface area (Å²) >= 11 is 0. The van der Waals surface area contributed by atoms with Gasteiger partial charge < -0.3 is 5.11 Å². The molecule has 1 saturated heterocycles. The van der Waals surface area contributed by atoms with Crippen LogP contribution in [0.15, 0.2) is 30.3 Å². The largest absolute Gasteiger partial charge is 0.481 e. The maximum absolute atomic E-state index is 11.7. The van der Waals surface area contributed by atoms with E-state index in [-0.39, 0.29) is 6.04 Å². The topological polar surface area (TPSA) is 64.3 Å². The Morgan fingerprint density at radius 1 is 1.37 bits per heavy atom. The van der Waals surface area contributed by atoms with Crippen LogP contribution in [0, 0.1) is 11.3 Å². The van der Waals surface area contributed by atoms with E-state index >= 15 is 0 Å². The summed E-state index contributed by atoms with van der Waals surface area (Å²) in [5.41, 5.74) is 0.0687. The summed E-state index contributed by atoms with van der Waals surface area (Å²) in [6, 6.07) is 11.5. The first-order chi connectivity index (χ1) is 9.10. The lowest BCUT2D eigenvalue weighted by atomic mass is 9.72. The molecule has 4 nitrogen and oxygen atoms in total. The van der Waals surface area contributed by atoms with Crippen molar-refractivity contribution in [2.75, 3.05) is 13.1 Å². The van der Waals surface area contributed by atoms with Crippen LogP contribution < -0.4 is 0 Å². The smallest absolute Gasteiger partial charge is 0.314 e. The minimum absolute atomic E-state index is 0.150. The SMILES string of the molecule is CC(C#N)N1CCC(C(=O)O)(c2ccccc2)CC1. The highest BCUT2D eigenvalue weighted by Gasteiger charge is 2.43. The normalized spacial score (nSPS) is 20.4. The van der Waals surface area contributed by atoms with Gasteiger partial charge in [0.25, 0.3) is 0 Å². The Balaban J connectivity index is 2.22. The van der Waals surface area contributed by atoms with Crippen molar-refractivity contribution in [1.29, 1.82) is 5.26 Å². The average Bonchev–Trinajstić information content (AvgIpc) is 2.47. The van der Waals surface area contributed by atoms with Crippen LogP contribution in [0.4, 0.5) is 0 Å². The predicted molar refractivity (Wildman–Crippen MR) is 71.6 cm³/mol. The van der Waals surface area contributed by atoms with E-state index in [1.54, 1.807) is 0 Å². The molecule has 1 aromatic rings. The molecule has 1 heterocycles. The molecule has 0 aromatic heterocycles. The Morgan fingerprint density at radius 2 is 1.95 bits per heavy atom. The zero-order chi connectivity index (χ0) is 13.9. The fourth-order valence-electron chi connectivity index (χ4n) is 2.76. The molecule has 0 aliphatic carbocycles. The van der Waals surface area contributed by atoms with Crippen molar-refractivity contribution in [1.82, 2.24) is 4.90 Å². The van der Waals surface area contributed by atoms with Gasteiger partial charge in [-0.2, -0.15) is 5.26 Å². The molecule has 2 rings (SSSR count). The highest BCUT2D eigenvalue weighted by molar-refractivity contribution is 5.81. The van der Waals surface area contributed by atoms with Crippen LogP contribution in [0.3, 0.4) is 0 Å². The van der Waals surface area contributed by atoms with E-state index < -0.39 is 11.4 Å². The van der Waals surface area contributed by atoms with Crippen molar-refractivity contribution < 1.29 is 9.90 Å². The third kappa shape index (κ3) is 2.47. The van der Waals surface area contributed by atoms with E-state index in [0.717, 1.165) is 5.56 Å². The fraction of sp³-hybridized carbons (Fsp3) is 0.467. The van der Waals surface area contributed by atoms with Crippen molar-refractivity contribution >= 4 is 5.97 Å². The van der Waals surface area contributed by atoms with Gasteiger partial charge in [-0.3, -0.25) is 9.69 Å². The lowest BCUT2D eigenvalue weighted by Gasteiger charge is -2.40. The number of benzene rings is 1. The third-order valence-electron chi connectivity index (χ3n) is 4.12. The monoisotopic (exact) mass is 258 g/mol. The Bertz CT molecular complexity index is 485. The van der Waals surface area contributed by atoms with Gasteiger partial charge in [-0.15, -0.1) is 0 Å². The lowest BCUT2D eigenvalue weighted by Crippen LogP contribution is -2.49. The van der Waals surface area contributed by atoms with Crippen molar-refractivity contribution in [3.8, 4) is 6.07 Å². The molecule has 0 saturated carbocycles. The molecule has 100 valence electrons. The van der Waals surface area contributed by atoms with Crippen LogP contribution in [-0.4, -0.2) is 35.1 Å². The molecule has 0 spiro atoms. The third-order valence-corrected chi connectivity index (χ3v) is 4.12. The molecule has 4 heteroatoms. The van der Waals surface area contributed by atoms with Crippen LogP contribution in [0.5, 0.6) is 0 Å². The zero-order valence-electron chi connectivity index (χ0n) is 11.0. The van der Waals surface area contributed by atoms with Crippen molar-refractivity contribution in [2.24, 2.45) is 0 Å². The summed E-state index contributed by atoms with van der Waals surface area (Å²) in [6.45, 7) is 3.15. The Kier molecular flexibility index (Phi) is 3.87. The first-order valence-corrected chi connectivity index (χ1v) is 6.53. The molecule has 1 atom stereocenters. The van der Waals surface area contributed by atoms with E-state index in [9.17, 15) is 9.90 Å². The van der Waals surface area contributed by atoms with Crippen LogP contribution in [0.25, 0.3) is 0 Å². The van der Waals surface area contributed by atoms with Crippen LogP contribution in [0.2, 0.25) is 0 Å². The molecule has 0 radical (unpaired) electrons. The van der Waals surface area contributed by atoms with E-state index in [4.69, 9.17) is 5.26 Å². The Morgan fingerprint density at radius 3 is 2.42 bits per heavy atom. The minimum atomic E-state index is -0.799. The molecule has 0 amide bonds. The van der Waals surface area contributed by atoms with Gasteiger partial charge in [-0.05, 0) is 25.3 Å². The number of carboxylic acid groups (broad SMARTS) is 1. The average molecular weight is 258 g/mol. The van der Waals surface area contributed by atoms with E-state index in [2.05, 4.69) is 6.07 Å². The number of carboxylic acids is 1. The van der Waals surface area contributed by atoms with Gasteiger partial charge in [0.2, 0.25) is 0 Å². The fourth-order valence-corrected chi connectivity index (χ4v) is 2.76. The highest BCUT2D eigenvalue weighted by Crippen LogP contribution is 2.36. The molecule has 0 bridgehead atoms. The molecule has 1 fully saturated rings. The van der Waals surface area contributed by atoms with Crippen LogP contribution >= 0.6 is 0 Å². The number of hydrogen-bond donors (Lipinski definition) is 1. The second-order valence-electron chi connectivity index (χ2n) is 5.09. The van der Waals surface area contributed by atoms with Gasteiger partial charge in [0.05, 0.1) is 17.5 Å². The molecule has 1 aliphatic heterocycles. The standard InChI is InChI=1S/C15H18N2O2/c1-12(11-16)17-9-7-15(8-10-17,14(18)19)13-5-3-2-4-6-13/h2-6,12H,7-10H2,1H3,(H,18,19). The number of rotatable bonds is 3. The lowest BCUT2D eigenvalue weighted by molar-refractivity contribution is -0.146. The van der Waals surface area contributed by atoms with E-state index in [1.807, 2.05) is 42.2 Å². The molecule has 1 N–H and O–H groups in total. The second-order valence-corrected chi connectivity index (χ2v) is 5.09. The number of nitrogens with zero attached hydrogens (tertiary/aromatic N) is 2.